The van der Waals surface area contributed by atoms with Crippen LogP contribution in [-0.2, 0) is 9.59 Å². The number of allylic oxidation sites excluding steroid dienone is 3. The van der Waals surface area contributed by atoms with Gasteiger partial charge in [-0.2, -0.15) is 0 Å². The standard InChI is InChI=1S/C12H15ClO3/c1-5-9(12(15)16)10(6-8(4)13)11(14)7(2)3/h5-7H,4H2,1-3H3,(H,15,16)/b9-5+,10-6+. The monoisotopic (exact) mass is 242 g/mol. The number of halogens is 1. The van der Waals surface area contributed by atoms with Crippen LogP contribution in [0.5, 0.6) is 0 Å². The highest BCUT2D eigenvalue weighted by molar-refractivity contribution is 6.31. The van der Waals surface area contributed by atoms with Gasteiger partial charge in [0, 0.05) is 16.5 Å². The van der Waals surface area contributed by atoms with Crippen LogP contribution < -0.4 is 0 Å². The topological polar surface area (TPSA) is 54.4 Å². The van der Waals surface area contributed by atoms with Gasteiger partial charge in [-0.1, -0.05) is 38.1 Å². The third-order valence-corrected chi connectivity index (χ3v) is 2.01. The zero-order valence-electron chi connectivity index (χ0n) is 9.58. The highest BCUT2D eigenvalue weighted by Gasteiger charge is 2.21. The van der Waals surface area contributed by atoms with Crippen molar-refractivity contribution in [2.75, 3.05) is 0 Å². The molecule has 4 heteroatoms. The van der Waals surface area contributed by atoms with Crippen LogP contribution in [0.3, 0.4) is 0 Å². The number of hydrogen-bond donors (Lipinski definition) is 1. The Morgan fingerprint density at radius 3 is 2.06 bits per heavy atom. The summed E-state index contributed by atoms with van der Waals surface area (Å²) in [5.41, 5.74) is 0.0329. The number of aliphatic carboxylic acids is 1. The SMILES string of the molecule is C=C(Cl)/C=C(C(=O)C(C)C)\C(=C/C)C(=O)O. The summed E-state index contributed by atoms with van der Waals surface area (Å²) in [5.74, 6) is -1.71. The van der Waals surface area contributed by atoms with E-state index in [1.54, 1.807) is 20.8 Å². The fourth-order valence-electron chi connectivity index (χ4n) is 1.14. The number of rotatable bonds is 5. The molecule has 0 bridgehead atoms. The van der Waals surface area contributed by atoms with E-state index >= 15 is 0 Å². The fraction of sp³-hybridized carbons (Fsp3) is 0.333. The Morgan fingerprint density at radius 2 is 1.81 bits per heavy atom. The lowest BCUT2D eigenvalue weighted by atomic mass is 9.94. The molecule has 0 spiro atoms. The van der Waals surface area contributed by atoms with Crippen molar-refractivity contribution in [3.05, 3.63) is 34.9 Å². The van der Waals surface area contributed by atoms with E-state index in [4.69, 9.17) is 16.7 Å². The second-order valence-electron chi connectivity index (χ2n) is 3.53. The molecule has 0 aromatic carbocycles. The molecule has 0 amide bonds. The van der Waals surface area contributed by atoms with E-state index in [-0.39, 0.29) is 27.9 Å². The Kier molecular flexibility index (Phi) is 5.75. The van der Waals surface area contributed by atoms with Crippen LogP contribution in [0.1, 0.15) is 20.8 Å². The molecule has 0 unspecified atom stereocenters. The lowest BCUT2D eigenvalue weighted by Crippen LogP contribution is -2.16. The van der Waals surface area contributed by atoms with Gasteiger partial charge >= 0.3 is 5.97 Å². The Hall–Kier alpha value is -1.35. The molecule has 0 saturated heterocycles. The van der Waals surface area contributed by atoms with Crippen molar-refractivity contribution in [2.24, 2.45) is 5.92 Å². The highest BCUT2D eigenvalue weighted by atomic mass is 35.5. The van der Waals surface area contributed by atoms with Crippen LogP contribution >= 0.6 is 11.6 Å². The lowest BCUT2D eigenvalue weighted by Gasteiger charge is -2.09. The van der Waals surface area contributed by atoms with Gasteiger partial charge in [0.05, 0.1) is 5.57 Å². The van der Waals surface area contributed by atoms with Crippen LogP contribution in [0, 0.1) is 5.92 Å². The summed E-state index contributed by atoms with van der Waals surface area (Å²) in [6, 6.07) is 0. The fourth-order valence-corrected chi connectivity index (χ4v) is 1.25. The minimum absolute atomic E-state index is 0.0551. The Balaban J connectivity index is 5.52. The number of carboxylic acid groups (broad SMARTS) is 1. The number of hydrogen-bond acceptors (Lipinski definition) is 2. The summed E-state index contributed by atoms with van der Waals surface area (Å²) in [5, 5.41) is 9.08. The molecule has 16 heavy (non-hydrogen) atoms. The van der Waals surface area contributed by atoms with Gasteiger partial charge in [-0.3, -0.25) is 4.79 Å². The summed E-state index contributed by atoms with van der Waals surface area (Å²) in [6.07, 6.45) is 2.65. The van der Waals surface area contributed by atoms with Crippen molar-refractivity contribution >= 4 is 23.4 Å². The van der Waals surface area contributed by atoms with Gasteiger partial charge in [0.2, 0.25) is 0 Å². The average molecular weight is 243 g/mol. The van der Waals surface area contributed by atoms with Gasteiger partial charge in [-0.25, -0.2) is 4.79 Å². The molecule has 0 fully saturated rings. The summed E-state index contributed by atoms with van der Waals surface area (Å²) in [6.45, 7) is 8.38. The van der Waals surface area contributed by atoms with E-state index in [9.17, 15) is 9.59 Å². The first kappa shape index (κ1) is 14.6. The molecule has 0 radical (unpaired) electrons. The van der Waals surface area contributed by atoms with E-state index in [1.165, 1.54) is 12.2 Å². The Bertz CT molecular complexity index is 376. The molecule has 3 nitrogen and oxygen atoms in total. The first-order chi connectivity index (χ1) is 7.31. The van der Waals surface area contributed by atoms with E-state index in [1.807, 2.05) is 0 Å². The molecular weight excluding hydrogens is 228 g/mol. The number of ketones is 1. The van der Waals surface area contributed by atoms with Crippen molar-refractivity contribution in [3.63, 3.8) is 0 Å². The van der Waals surface area contributed by atoms with Crippen LogP contribution in [0.4, 0.5) is 0 Å². The van der Waals surface area contributed by atoms with Crippen molar-refractivity contribution in [1.82, 2.24) is 0 Å². The quantitative estimate of drug-likeness (QED) is 0.596. The molecule has 0 aliphatic heterocycles. The lowest BCUT2D eigenvalue weighted by molar-refractivity contribution is -0.133. The first-order valence-electron chi connectivity index (χ1n) is 4.81. The molecular formula is C12H15ClO3. The largest absolute Gasteiger partial charge is 0.478 e. The van der Waals surface area contributed by atoms with Gasteiger partial charge < -0.3 is 5.11 Å². The molecule has 1 N–H and O–H groups in total. The van der Waals surface area contributed by atoms with Gasteiger partial charge in [0.25, 0.3) is 0 Å². The minimum atomic E-state index is -1.15. The van der Waals surface area contributed by atoms with Crippen LogP contribution in [0.2, 0.25) is 0 Å². The Labute approximate surface area is 100 Å². The average Bonchev–Trinajstić information content (AvgIpc) is 2.14. The Morgan fingerprint density at radius 1 is 1.31 bits per heavy atom. The second-order valence-corrected chi connectivity index (χ2v) is 4.02. The number of Topliss-reactive ketones (excluding diaryl/α,β-unsaturated/α-hetero) is 1. The summed E-state index contributed by atoms with van der Waals surface area (Å²) < 4.78 is 0. The van der Waals surface area contributed by atoms with Crippen molar-refractivity contribution in [2.45, 2.75) is 20.8 Å². The van der Waals surface area contributed by atoms with Gasteiger partial charge in [-0.05, 0) is 13.0 Å². The number of carboxylic acids is 1. The molecule has 0 aliphatic carbocycles. The predicted octanol–water partition coefficient (Wildman–Crippen LogP) is 2.92. The van der Waals surface area contributed by atoms with Crippen LogP contribution in [-0.4, -0.2) is 16.9 Å². The van der Waals surface area contributed by atoms with Crippen molar-refractivity contribution in [1.29, 1.82) is 0 Å². The smallest absolute Gasteiger partial charge is 0.336 e. The summed E-state index contributed by atoms with van der Waals surface area (Å²) in [4.78, 5) is 22.8. The third-order valence-electron chi connectivity index (χ3n) is 1.90. The van der Waals surface area contributed by atoms with Crippen molar-refractivity contribution < 1.29 is 14.7 Å². The molecule has 0 aromatic rings. The van der Waals surface area contributed by atoms with Gasteiger partial charge in [0.15, 0.2) is 5.78 Å². The normalized spacial score (nSPS) is 12.8. The maximum absolute atomic E-state index is 11.8. The first-order valence-corrected chi connectivity index (χ1v) is 5.19. The summed E-state index contributed by atoms with van der Waals surface area (Å²) in [7, 11) is 0. The molecule has 0 atom stereocenters. The summed E-state index contributed by atoms with van der Waals surface area (Å²) >= 11 is 5.58. The van der Waals surface area contributed by atoms with E-state index in [0.717, 1.165) is 0 Å². The van der Waals surface area contributed by atoms with E-state index in [2.05, 4.69) is 6.58 Å². The molecule has 0 saturated carbocycles. The van der Waals surface area contributed by atoms with Gasteiger partial charge in [-0.15, -0.1) is 0 Å². The molecule has 0 heterocycles. The van der Waals surface area contributed by atoms with E-state index in [0.29, 0.717) is 0 Å². The zero-order valence-corrected chi connectivity index (χ0v) is 10.3. The van der Waals surface area contributed by atoms with E-state index < -0.39 is 5.97 Å². The molecule has 0 rings (SSSR count). The highest BCUT2D eigenvalue weighted by Crippen LogP contribution is 2.19. The van der Waals surface area contributed by atoms with Gasteiger partial charge in [0.1, 0.15) is 0 Å². The molecule has 0 aliphatic rings. The maximum Gasteiger partial charge on any atom is 0.336 e. The second kappa shape index (κ2) is 6.28. The molecule has 88 valence electrons. The third kappa shape index (κ3) is 4.03. The van der Waals surface area contributed by atoms with Crippen LogP contribution in [0.25, 0.3) is 0 Å². The van der Waals surface area contributed by atoms with Crippen molar-refractivity contribution in [3.8, 4) is 0 Å². The number of carbonyl (C=O) groups is 2. The minimum Gasteiger partial charge on any atom is -0.478 e. The zero-order chi connectivity index (χ0) is 12.9. The maximum atomic E-state index is 11.8. The predicted molar refractivity (Wildman–Crippen MR) is 64.3 cm³/mol. The number of carbonyl (C=O) groups excluding carboxylic acids is 1. The molecule has 0 aromatic heterocycles. The van der Waals surface area contributed by atoms with Crippen LogP contribution in [0.15, 0.2) is 34.9 Å².